The molecule has 3 nitrogen and oxygen atoms in total. The molecule has 0 aliphatic heterocycles. The van der Waals surface area contributed by atoms with E-state index in [4.69, 9.17) is 0 Å². The van der Waals surface area contributed by atoms with Crippen LogP contribution in [0.2, 0.25) is 0 Å². The highest BCUT2D eigenvalue weighted by molar-refractivity contribution is 6.06. The fourth-order valence-electron chi connectivity index (χ4n) is 2.07. The Labute approximate surface area is 131 Å². The van der Waals surface area contributed by atoms with Crippen LogP contribution < -0.4 is 0 Å². The molecule has 0 radical (unpaired) electrons. The minimum atomic E-state index is -0.386. The number of aromatic nitrogens is 2. The van der Waals surface area contributed by atoms with E-state index in [0.29, 0.717) is 17.0 Å². The molecule has 2 aromatic carbocycles. The first kappa shape index (κ1) is 14.8. The number of H-pyrrole nitrogens is 1. The first-order chi connectivity index (χ1) is 11.1. The second-order valence-electron chi connectivity index (χ2n) is 4.92. The van der Waals surface area contributed by atoms with Crippen molar-refractivity contribution in [2.45, 2.75) is 0 Å². The number of hydrogen-bond donors (Lipinski definition) is 1. The molecule has 0 spiro atoms. The Kier molecular flexibility index (Phi) is 4.10. The van der Waals surface area contributed by atoms with Crippen molar-refractivity contribution in [3.05, 3.63) is 83.6 Å². The average molecular weight is 310 g/mol. The molecular formula is C18H12F2N2O. The number of nitrogens with zero attached hydrogens (tertiary/aromatic N) is 1. The van der Waals surface area contributed by atoms with Crippen LogP contribution in [0, 0.1) is 11.6 Å². The number of carbonyl (C=O) groups is 1. The largest absolute Gasteiger partial charge is 0.289 e. The summed E-state index contributed by atoms with van der Waals surface area (Å²) < 4.78 is 25.7. The van der Waals surface area contributed by atoms with Crippen LogP contribution >= 0.6 is 0 Å². The van der Waals surface area contributed by atoms with Crippen molar-refractivity contribution < 1.29 is 13.6 Å². The molecule has 0 amide bonds. The Bertz CT molecular complexity index is 849. The summed E-state index contributed by atoms with van der Waals surface area (Å²) in [5.41, 5.74) is 2.46. The standard InChI is InChI=1S/C18H12F2N2O/c19-14-5-1-12(2-6-14)17-11-16(21-22-17)9-10-18(23)13-3-7-15(20)8-4-13/h1-11H,(H,21,22). The first-order valence-corrected chi connectivity index (χ1v) is 6.91. The van der Waals surface area contributed by atoms with Crippen LogP contribution in [0.25, 0.3) is 17.3 Å². The van der Waals surface area contributed by atoms with E-state index in [1.54, 1.807) is 24.3 Å². The predicted molar refractivity (Wildman–Crippen MR) is 83.7 cm³/mol. The number of nitrogens with one attached hydrogen (secondary N) is 1. The summed E-state index contributed by atoms with van der Waals surface area (Å²) >= 11 is 0. The third-order valence-corrected chi connectivity index (χ3v) is 3.28. The summed E-state index contributed by atoms with van der Waals surface area (Å²) in [5.74, 6) is -0.930. The minimum absolute atomic E-state index is 0.233. The highest BCUT2D eigenvalue weighted by atomic mass is 19.1. The van der Waals surface area contributed by atoms with Gasteiger partial charge in [0.25, 0.3) is 0 Å². The minimum Gasteiger partial charge on any atom is -0.289 e. The topological polar surface area (TPSA) is 45.8 Å². The molecule has 23 heavy (non-hydrogen) atoms. The monoisotopic (exact) mass is 310 g/mol. The van der Waals surface area contributed by atoms with Crippen LogP contribution in [-0.4, -0.2) is 16.0 Å². The quantitative estimate of drug-likeness (QED) is 0.578. The highest BCUT2D eigenvalue weighted by Gasteiger charge is 2.04. The summed E-state index contributed by atoms with van der Waals surface area (Å²) in [5, 5.41) is 6.91. The molecule has 0 bridgehead atoms. The van der Waals surface area contributed by atoms with Crippen molar-refractivity contribution in [2.75, 3.05) is 0 Å². The van der Waals surface area contributed by atoms with Crippen LogP contribution in [0.1, 0.15) is 16.1 Å². The highest BCUT2D eigenvalue weighted by Crippen LogP contribution is 2.18. The Balaban J connectivity index is 1.74. The summed E-state index contributed by atoms with van der Waals surface area (Å²) in [6.07, 6.45) is 2.97. The molecule has 1 heterocycles. The van der Waals surface area contributed by atoms with Gasteiger partial charge in [0.05, 0.1) is 11.4 Å². The lowest BCUT2D eigenvalue weighted by molar-refractivity contribution is 0.104. The van der Waals surface area contributed by atoms with Crippen molar-refractivity contribution in [3.63, 3.8) is 0 Å². The molecule has 3 aromatic rings. The summed E-state index contributed by atoms with van der Waals surface area (Å²) in [4.78, 5) is 12.0. The van der Waals surface area contributed by atoms with Gasteiger partial charge in [-0.1, -0.05) is 0 Å². The molecule has 0 unspecified atom stereocenters. The van der Waals surface area contributed by atoms with Gasteiger partial charge in [-0.2, -0.15) is 5.10 Å². The van der Waals surface area contributed by atoms with Crippen LogP contribution in [0.15, 0.2) is 60.7 Å². The van der Waals surface area contributed by atoms with E-state index in [9.17, 15) is 13.6 Å². The zero-order valence-corrected chi connectivity index (χ0v) is 12.0. The van der Waals surface area contributed by atoms with Gasteiger partial charge < -0.3 is 0 Å². The third kappa shape index (κ3) is 3.58. The van der Waals surface area contributed by atoms with Gasteiger partial charge in [-0.05, 0) is 66.7 Å². The molecule has 5 heteroatoms. The third-order valence-electron chi connectivity index (χ3n) is 3.28. The molecular weight excluding hydrogens is 298 g/mol. The average Bonchev–Trinajstić information content (AvgIpc) is 3.03. The van der Waals surface area contributed by atoms with Gasteiger partial charge >= 0.3 is 0 Å². The van der Waals surface area contributed by atoms with Crippen molar-refractivity contribution in [3.8, 4) is 11.3 Å². The maximum Gasteiger partial charge on any atom is 0.185 e. The van der Waals surface area contributed by atoms with E-state index in [1.165, 1.54) is 42.5 Å². The van der Waals surface area contributed by atoms with Gasteiger partial charge in [-0.25, -0.2) is 8.78 Å². The number of rotatable bonds is 4. The first-order valence-electron chi connectivity index (χ1n) is 6.91. The molecule has 0 aliphatic rings. The number of hydrogen-bond acceptors (Lipinski definition) is 2. The van der Waals surface area contributed by atoms with E-state index in [2.05, 4.69) is 10.2 Å². The van der Waals surface area contributed by atoms with Gasteiger partial charge in [0.2, 0.25) is 0 Å². The second kappa shape index (κ2) is 6.36. The molecule has 0 atom stereocenters. The molecule has 0 aliphatic carbocycles. The molecule has 0 saturated carbocycles. The smallest absolute Gasteiger partial charge is 0.185 e. The molecule has 3 rings (SSSR count). The van der Waals surface area contributed by atoms with E-state index in [-0.39, 0.29) is 17.4 Å². The zero-order chi connectivity index (χ0) is 16.2. The lowest BCUT2D eigenvalue weighted by Crippen LogP contribution is -1.93. The van der Waals surface area contributed by atoms with Crippen molar-refractivity contribution in [1.82, 2.24) is 10.2 Å². The number of ketones is 1. The SMILES string of the molecule is O=C(C=Cc1cc(-c2ccc(F)cc2)n[nH]1)c1ccc(F)cc1. The Morgan fingerprint density at radius 3 is 2.22 bits per heavy atom. The Morgan fingerprint density at radius 1 is 0.957 bits per heavy atom. The van der Waals surface area contributed by atoms with E-state index < -0.39 is 0 Å². The number of carbonyl (C=O) groups excluding carboxylic acids is 1. The molecule has 0 saturated heterocycles. The Hall–Kier alpha value is -3.08. The van der Waals surface area contributed by atoms with Crippen LogP contribution in [-0.2, 0) is 0 Å². The number of halogens is 2. The van der Waals surface area contributed by atoms with Gasteiger partial charge in [0.15, 0.2) is 5.78 Å². The van der Waals surface area contributed by atoms with Gasteiger partial charge in [0.1, 0.15) is 11.6 Å². The number of aromatic amines is 1. The summed E-state index contributed by atoms with van der Waals surface area (Å²) in [6, 6.07) is 13.1. The lowest BCUT2D eigenvalue weighted by atomic mass is 10.1. The van der Waals surface area contributed by atoms with Gasteiger partial charge in [-0.15, -0.1) is 0 Å². The lowest BCUT2D eigenvalue weighted by Gasteiger charge is -1.95. The molecule has 114 valence electrons. The van der Waals surface area contributed by atoms with Gasteiger partial charge in [0, 0.05) is 11.1 Å². The molecule has 1 aromatic heterocycles. The van der Waals surface area contributed by atoms with Crippen LogP contribution in [0.5, 0.6) is 0 Å². The van der Waals surface area contributed by atoms with Crippen LogP contribution in [0.4, 0.5) is 8.78 Å². The summed E-state index contributed by atoms with van der Waals surface area (Å²) in [7, 11) is 0. The summed E-state index contributed by atoms with van der Waals surface area (Å²) in [6.45, 7) is 0. The zero-order valence-electron chi connectivity index (χ0n) is 12.0. The van der Waals surface area contributed by atoms with Crippen molar-refractivity contribution in [2.24, 2.45) is 0 Å². The van der Waals surface area contributed by atoms with Crippen molar-refractivity contribution >= 4 is 11.9 Å². The van der Waals surface area contributed by atoms with E-state index >= 15 is 0 Å². The van der Waals surface area contributed by atoms with Gasteiger partial charge in [-0.3, -0.25) is 9.89 Å². The fraction of sp³-hybridized carbons (Fsp3) is 0. The number of allylic oxidation sites excluding steroid dienone is 1. The molecule has 1 N–H and O–H groups in total. The Morgan fingerprint density at radius 2 is 1.57 bits per heavy atom. The maximum atomic E-state index is 12.9. The van der Waals surface area contributed by atoms with E-state index in [0.717, 1.165) is 5.56 Å². The normalized spacial score (nSPS) is 11.0. The fourth-order valence-corrected chi connectivity index (χ4v) is 2.07. The number of benzene rings is 2. The van der Waals surface area contributed by atoms with Crippen molar-refractivity contribution in [1.29, 1.82) is 0 Å². The maximum absolute atomic E-state index is 12.9. The van der Waals surface area contributed by atoms with E-state index in [1.807, 2.05) is 0 Å². The van der Waals surface area contributed by atoms with Crippen LogP contribution in [0.3, 0.4) is 0 Å². The molecule has 0 fully saturated rings. The second-order valence-corrected chi connectivity index (χ2v) is 4.92. The predicted octanol–water partition coefficient (Wildman–Crippen LogP) is 4.25.